The van der Waals surface area contributed by atoms with Gasteiger partial charge in [0.2, 0.25) is 5.91 Å². The number of hydrogen-bond donors (Lipinski definition) is 5. The topological polar surface area (TPSA) is 110 Å². The van der Waals surface area contributed by atoms with Crippen LogP contribution < -0.4 is 5.32 Å². The number of allylic oxidation sites excluding steroid dienone is 2. The minimum absolute atomic E-state index is 0.363. The van der Waals surface area contributed by atoms with E-state index >= 15 is 0 Å². The highest BCUT2D eigenvalue weighted by Gasteiger charge is 2.28. The van der Waals surface area contributed by atoms with Crippen LogP contribution in [0.3, 0.4) is 0 Å². The number of carbonyl (C=O) groups excluding carboxylic acids is 1. The third kappa shape index (κ3) is 23.5. The molecule has 0 aromatic rings. The molecular formula is C33H65NO5. The van der Waals surface area contributed by atoms with Crippen molar-refractivity contribution in [3.8, 4) is 0 Å². The smallest absolute Gasteiger partial charge is 0.249 e. The fourth-order valence-corrected chi connectivity index (χ4v) is 4.98. The normalized spacial score (nSPS) is 14.9. The molecule has 0 aliphatic heterocycles. The molecule has 4 atom stereocenters. The van der Waals surface area contributed by atoms with Gasteiger partial charge in [-0.15, -0.1) is 0 Å². The molecule has 0 radical (unpaired) electrons. The standard InChI is InChI=1S/C33H65NO5/c1-3-5-7-9-11-13-14-15-16-17-19-21-23-25-27-31(37)33(39)34-29(28-35)32(38)30(36)26-24-22-20-18-12-10-8-6-4-2/h13-14,29-32,35-38H,3-12,15-28H2,1-2H3,(H,34,39)/b14-13-. The summed E-state index contributed by atoms with van der Waals surface area (Å²) in [6, 6.07) is -0.980. The molecule has 5 N–H and O–H groups in total. The molecule has 39 heavy (non-hydrogen) atoms. The lowest BCUT2D eigenvalue weighted by Gasteiger charge is -2.27. The van der Waals surface area contributed by atoms with Crippen molar-refractivity contribution in [3.05, 3.63) is 12.2 Å². The summed E-state index contributed by atoms with van der Waals surface area (Å²) in [5.41, 5.74) is 0. The van der Waals surface area contributed by atoms with Crippen LogP contribution in [0.15, 0.2) is 12.2 Å². The van der Waals surface area contributed by atoms with E-state index < -0.39 is 36.9 Å². The van der Waals surface area contributed by atoms with Crippen molar-refractivity contribution in [1.82, 2.24) is 5.32 Å². The molecule has 0 aromatic carbocycles. The molecule has 232 valence electrons. The third-order valence-corrected chi connectivity index (χ3v) is 7.73. The third-order valence-electron chi connectivity index (χ3n) is 7.73. The van der Waals surface area contributed by atoms with E-state index in [4.69, 9.17) is 0 Å². The minimum atomic E-state index is -1.25. The molecule has 0 rings (SSSR count). The van der Waals surface area contributed by atoms with Gasteiger partial charge in [0.05, 0.1) is 18.8 Å². The van der Waals surface area contributed by atoms with Crippen molar-refractivity contribution < 1.29 is 25.2 Å². The van der Waals surface area contributed by atoms with Gasteiger partial charge in [-0.3, -0.25) is 4.79 Å². The summed E-state index contributed by atoms with van der Waals surface area (Å²) < 4.78 is 0. The Balaban J connectivity index is 3.87. The Morgan fingerprint density at radius 2 is 1.03 bits per heavy atom. The highest BCUT2D eigenvalue weighted by Crippen LogP contribution is 2.15. The number of unbranched alkanes of at least 4 members (excludes halogenated alkanes) is 18. The lowest BCUT2D eigenvalue weighted by molar-refractivity contribution is -0.132. The maximum Gasteiger partial charge on any atom is 0.249 e. The Hall–Kier alpha value is -0.950. The fraction of sp³-hybridized carbons (Fsp3) is 0.909. The zero-order chi connectivity index (χ0) is 29.0. The Bertz CT molecular complexity index is 556. The number of amides is 1. The Kier molecular flexibility index (Phi) is 27.9. The SMILES string of the molecule is CCCCCC/C=C\CCCCCCCCC(O)C(=O)NC(CO)C(O)C(O)CCCCCCCCCCC. The average molecular weight is 556 g/mol. The largest absolute Gasteiger partial charge is 0.394 e. The lowest BCUT2D eigenvalue weighted by atomic mass is 9.99. The van der Waals surface area contributed by atoms with E-state index in [1.165, 1.54) is 89.9 Å². The van der Waals surface area contributed by atoms with Gasteiger partial charge in [-0.05, 0) is 38.5 Å². The van der Waals surface area contributed by atoms with E-state index in [1.807, 2.05) is 0 Å². The van der Waals surface area contributed by atoms with Crippen LogP contribution in [-0.4, -0.2) is 57.3 Å². The maximum atomic E-state index is 12.4. The summed E-state index contributed by atoms with van der Waals surface area (Å²) in [5.74, 6) is -0.593. The van der Waals surface area contributed by atoms with Gasteiger partial charge in [0, 0.05) is 0 Å². The second-order valence-corrected chi connectivity index (χ2v) is 11.5. The van der Waals surface area contributed by atoms with Crippen molar-refractivity contribution >= 4 is 5.91 Å². The van der Waals surface area contributed by atoms with Crippen LogP contribution in [0.5, 0.6) is 0 Å². The van der Waals surface area contributed by atoms with E-state index in [1.54, 1.807) is 0 Å². The first kappa shape index (κ1) is 38.0. The van der Waals surface area contributed by atoms with Crippen LogP contribution in [0, 0.1) is 0 Å². The van der Waals surface area contributed by atoms with Gasteiger partial charge < -0.3 is 25.7 Å². The zero-order valence-electron chi connectivity index (χ0n) is 25.6. The van der Waals surface area contributed by atoms with E-state index in [2.05, 4.69) is 31.3 Å². The lowest BCUT2D eigenvalue weighted by Crippen LogP contribution is -2.53. The monoisotopic (exact) mass is 555 g/mol. The molecule has 0 aromatic heterocycles. The predicted octanol–water partition coefficient (Wildman–Crippen LogP) is 7.11. The Morgan fingerprint density at radius 1 is 0.615 bits per heavy atom. The first-order valence-corrected chi connectivity index (χ1v) is 16.6. The summed E-state index contributed by atoms with van der Waals surface area (Å²) in [6.07, 6.45) is 26.6. The minimum Gasteiger partial charge on any atom is -0.394 e. The number of rotatable bonds is 29. The molecule has 0 aliphatic rings. The summed E-state index contributed by atoms with van der Waals surface area (Å²) in [7, 11) is 0. The number of nitrogens with one attached hydrogen (secondary N) is 1. The highest BCUT2D eigenvalue weighted by molar-refractivity contribution is 5.80. The molecule has 0 heterocycles. The van der Waals surface area contributed by atoms with Crippen molar-refractivity contribution in [1.29, 1.82) is 0 Å². The van der Waals surface area contributed by atoms with Crippen LogP contribution >= 0.6 is 0 Å². The van der Waals surface area contributed by atoms with Crippen molar-refractivity contribution in [3.63, 3.8) is 0 Å². The molecule has 0 bridgehead atoms. The summed E-state index contributed by atoms with van der Waals surface area (Å²) in [4.78, 5) is 12.4. The van der Waals surface area contributed by atoms with Crippen LogP contribution in [0.4, 0.5) is 0 Å². The second kappa shape index (κ2) is 28.6. The fourth-order valence-electron chi connectivity index (χ4n) is 4.98. The molecule has 0 aliphatic carbocycles. The van der Waals surface area contributed by atoms with E-state index in [0.717, 1.165) is 44.9 Å². The summed E-state index contributed by atoms with van der Waals surface area (Å²) in [5, 5.41) is 43.2. The second-order valence-electron chi connectivity index (χ2n) is 11.5. The van der Waals surface area contributed by atoms with Gasteiger partial charge in [-0.1, -0.05) is 135 Å². The Morgan fingerprint density at radius 3 is 1.51 bits per heavy atom. The molecule has 6 nitrogen and oxygen atoms in total. The van der Waals surface area contributed by atoms with E-state index in [0.29, 0.717) is 12.8 Å². The number of carbonyl (C=O) groups is 1. The molecule has 4 unspecified atom stereocenters. The van der Waals surface area contributed by atoms with Crippen molar-refractivity contribution in [2.45, 2.75) is 186 Å². The average Bonchev–Trinajstić information content (AvgIpc) is 2.94. The van der Waals surface area contributed by atoms with E-state index in [9.17, 15) is 25.2 Å². The van der Waals surface area contributed by atoms with Crippen LogP contribution in [0.25, 0.3) is 0 Å². The molecule has 0 saturated heterocycles. The van der Waals surface area contributed by atoms with Gasteiger partial charge in [0.1, 0.15) is 12.2 Å². The number of aliphatic hydroxyl groups is 4. The van der Waals surface area contributed by atoms with Gasteiger partial charge in [-0.25, -0.2) is 0 Å². The van der Waals surface area contributed by atoms with Crippen LogP contribution in [0.2, 0.25) is 0 Å². The van der Waals surface area contributed by atoms with Crippen LogP contribution in [-0.2, 0) is 4.79 Å². The van der Waals surface area contributed by atoms with E-state index in [-0.39, 0.29) is 0 Å². The van der Waals surface area contributed by atoms with Crippen molar-refractivity contribution in [2.75, 3.05) is 6.61 Å². The molecule has 0 saturated carbocycles. The Labute approximate surface area is 241 Å². The van der Waals surface area contributed by atoms with Crippen molar-refractivity contribution in [2.24, 2.45) is 0 Å². The van der Waals surface area contributed by atoms with Gasteiger partial charge in [0.15, 0.2) is 0 Å². The molecule has 6 heteroatoms. The first-order chi connectivity index (χ1) is 19.0. The number of aliphatic hydroxyl groups excluding tert-OH is 4. The summed E-state index contributed by atoms with van der Waals surface area (Å²) in [6.45, 7) is 3.97. The number of hydrogen-bond acceptors (Lipinski definition) is 5. The van der Waals surface area contributed by atoms with Gasteiger partial charge >= 0.3 is 0 Å². The molecular weight excluding hydrogens is 490 g/mol. The molecule has 0 spiro atoms. The highest BCUT2D eigenvalue weighted by atomic mass is 16.3. The summed E-state index contributed by atoms with van der Waals surface area (Å²) >= 11 is 0. The molecule has 1 amide bonds. The quantitative estimate of drug-likeness (QED) is 0.0499. The predicted molar refractivity (Wildman–Crippen MR) is 164 cm³/mol. The molecule has 0 fully saturated rings. The maximum absolute atomic E-state index is 12.4. The van der Waals surface area contributed by atoms with Crippen LogP contribution in [0.1, 0.15) is 162 Å². The first-order valence-electron chi connectivity index (χ1n) is 16.6. The van der Waals surface area contributed by atoms with Gasteiger partial charge in [0.25, 0.3) is 0 Å². The van der Waals surface area contributed by atoms with Gasteiger partial charge in [-0.2, -0.15) is 0 Å². The zero-order valence-corrected chi connectivity index (χ0v) is 25.6.